The summed E-state index contributed by atoms with van der Waals surface area (Å²) in [6.45, 7) is 11.2. The maximum absolute atomic E-state index is 12.4. The molecule has 7 heteroatoms. The lowest BCUT2D eigenvalue weighted by molar-refractivity contribution is 0.239. The lowest BCUT2D eigenvalue weighted by Crippen LogP contribution is -2.44. The fraction of sp³-hybridized carbons (Fsp3) is 0.647. The zero-order valence-corrected chi connectivity index (χ0v) is 15.7. The molecule has 1 aliphatic heterocycles. The number of sulfonamides is 1. The molecule has 0 saturated carbocycles. The summed E-state index contributed by atoms with van der Waals surface area (Å²) in [6, 6.07) is 4.99. The Morgan fingerprint density at radius 2 is 2.00 bits per heavy atom. The van der Waals surface area contributed by atoms with E-state index < -0.39 is 10.0 Å². The summed E-state index contributed by atoms with van der Waals surface area (Å²) in [5.41, 5.74) is 0.826. The molecule has 1 fully saturated rings. The summed E-state index contributed by atoms with van der Waals surface area (Å²) >= 11 is 0. The smallest absolute Gasteiger partial charge is 0.240 e. The minimum absolute atomic E-state index is 0.0641. The van der Waals surface area contributed by atoms with Gasteiger partial charge in [0.1, 0.15) is 5.75 Å². The Labute approximate surface area is 145 Å². The van der Waals surface area contributed by atoms with E-state index in [2.05, 4.69) is 14.9 Å². The second kappa shape index (κ2) is 8.80. The van der Waals surface area contributed by atoms with E-state index in [9.17, 15) is 8.42 Å². The van der Waals surface area contributed by atoms with Crippen LogP contribution in [0.4, 0.5) is 0 Å². The maximum Gasteiger partial charge on any atom is 0.240 e. The van der Waals surface area contributed by atoms with Crippen molar-refractivity contribution in [3.63, 3.8) is 0 Å². The quantitative estimate of drug-likeness (QED) is 0.689. The average Bonchev–Trinajstić information content (AvgIpc) is 2.54. The van der Waals surface area contributed by atoms with Crippen LogP contribution < -0.4 is 14.8 Å². The molecule has 1 saturated heterocycles. The SMILES string of the molecule is Cc1cc(S(=O)(=O)NCCCN2CCNCC2)ccc1OC(C)C. The normalized spacial score (nSPS) is 16.5. The van der Waals surface area contributed by atoms with Gasteiger partial charge < -0.3 is 15.0 Å². The molecule has 0 bridgehead atoms. The van der Waals surface area contributed by atoms with Gasteiger partial charge in [0.15, 0.2) is 0 Å². The Hall–Kier alpha value is -1.15. The monoisotopic (exact) mass is 355 g/mol. The van der Waals surface area contributed by atoms with Crippen molar-refractivity contribution in [2.75, 3.05) is 39.3 Å². The molecule has 1 aromatic rings. The highest BCUT2D eigenvalue weighted by Gasteiger charge is 2.16. The number of rotatable bonds is 8. The Balaban J connectivity index is 1.86. The summed E-state index contributed by atoms with van der Waals surface area (Å²) in [5.74, 6) is 0.725. The number of hydrogen-bond donors (Lipinski definition) is 2. The van der Waals surface area contributed by atoms with Crippen molar-refractivity contribution >= 4 is 10.0 Å². The molecule has 2 rings (SSSR count). The number of piperazine rings is 1. The van der Waals surface area contributed by atoms with Crippen LogP contribution >= 0.6 is 0 Å². The Morgan fingerprint density at radius 1 is 1.29 bits per heavy atom. The van der Waals surface area contributed by atoms with Crippen LogP contribution in [0.25, 0.3) is 0 Å². The molecule has 0 unspecified atom stereocenters. The Kier molecular flexibility index (Phi) is 7.03. The van der Waals surface area contributed by atoms with Crippen LogP contribution in [0.5, 0.6) is 5.75 Å². The first-order valence-corrected chi connectivity index (χ1v) is 10.1. The van der Waals surface area contributed by atoms with Crippen LogP contribution in [0.15, 0.2) is 23.1 Å². The minimum atomic E-state index is -3.47. The molecule has 1 aromatic carbocycles. The second-order valence-corrected chi connectivity index (χ2v) is 8.20. The minimum Gasteiger partial charge on any atom is -0.491 e. The molecule has 2 N–H and O–H groups in total. The van der Waals surface area contributed by atoms with E-state index in [0.717, 1.165) is 50.5 Å². The summed E-state index contributed by atoms with van der Waals surface area (Å²) in [7, 11) is -3.47. The molecule has 0 amide bonds. The summed E-state index contributed by atoms with van der Waals surface area (Å²) < 4.78 is 33.1. The van der Waals surface area contributed by atoms with Gasteiger partial charge in [0.2, 0.25) is 10.0 Å². The van der Waals surface area contributed by atoms with Crippen LogP contribution in [0.2, 0.25) is 0 Å². The predicted octanol–water partition coefficient (Wildman–Crippen LogP) is 1.36. The molecule has 24 heavy (non-hydrogen) atoms. The van der Waals surface area contributed by atoms with Gasteiger partial charge in [-0.05, 0) is 57.5 Å². The molecular weight excluding hydrogens is 326 g/mol. The highest BCUT2D eigenvalue weighted by atomic mass is 32.2. The molecule has 1 aliphatic rings. The summed E-state index contributed by atoms with van der Waals surface area (Å²) in [6.07, 6.45) is 0.876. The lowest BCUT2D eigenvalue weighted by atomic mass is 10.2. The fourth-order valence-corrected chi connectivity index (χ4v) is 3.86. The standard InChI is InChI=1S/C17H29N3O3S/c1-14(2)23-17-6-5-16(13-15(17)3)24(21,22)19-7-4-10-20-11-8-18-9-12-20/h5-6,13-14,18-19H,4,7-12H2,1-3H3. The highest BCUT2D eigenvalue weighted by molar-refractivity contribution is 7.89. The van der Waals surface area contributed by atoms with Crippen molar-refractivity contribution in [2.45, 2.75) is 38.2 Å². The first-order valence-electron chi connectivity index (χ1n) is 8.58. The van der Waals surface area contributed by atoms with Crippen LogP contribution in [-0.2, 0) is 10.0 Å². The van der Waals surface area contributed by atoms with E-state index in [1.807, 2.05) is 20.8 Å². The van der Waals surface area contributed by atoms with Crippen molar-refractivity contribution in [1.82, 2.24) is 14.9 Å². The van der Waals surface area contributed by atoms with Crippen molar-refractivity contribution in [2.24, 2.45) is 0 Å². The summed E-state index contributed by atoms with van der Waals surface area (Å²) in [5, 5.41) is 3.31. The van der Waals surface area contributed by atoms with Gasteiger partial charge in [-0.2, -0.15) is 0 Å². The van der Waals surface area contributed by atoms with Crippen molar-refractivity contribution in [3.8, 4) is 5.75 Å². The van der Waals surface area contributed by atoms with Gasteiger partial charge >= 0.3 is 0 Å². The van der Waals surface area contributed by atoms with Crippen LogP contribution in [-0.4, -0.2) is 58.7 Å². The zero-order valence-electron chi connectivity index (χ0n) is 14.8. The molecule has 0 aliphatic carbocycles. The topological polar surface area (TPSA) is 70.7 Å². The molecular formula is C17H29N3O3S. The molecule has 0 spiro atoms. The van der Waals surface area contributed by atoms with E-state index in [4.69, 9.17) is 4.74 Å². The molecule has 0 radical (unpaired) electrons. The van der Waals surface area contributed by atoms with E-state index >= 15 is 0 Å². The fourth-order valence-electron chi connectivity index (χ4n) is 2.70. The first-order chi connectivity index (χ1) is 11.4. The zero-order chi connectivity index (χ0) is 17.6. The Morgan fingerprint density at radius 3 is 2.62 bits per heavy atom. The van der Waals surface area contributed by atoms with Gasteiger partial charge in [-0.3, -0.25) is 0 Å². The maximum atomic E-state index is 12.4. The number of aryl methyl sites for hydroxylation is 1. The van der Waals surface area contributed by atoms with Gasteiger partial charge in [0.25, 0.3) is 0 Å². The van der Waals surface area contributed by atoms with Gasteiger partial charge in [0, 0.05) is 32.7 Å². The van der Waals surface area contributed by atoms with Gasteiger partial charge in [-0.15, -0.1) is 0 Å². The molecule has 6 nitrogen and oxygen atoms in total. The third kappa shape index (κ3) is 5.73. The number of benzene rings is 1. The van der Waals surface area contributed by atoms with E-state index in [0.29, 0.717) is 11.4 Å². The first kappa shape index (κ1) is 19.2. The number of nitrogens with one attached hydrogen (secondary N) is 2. The highest BCUT2D eigenvalue weighted by Crippen LogP contribution is 2.22. The number of nitrogens with zero attached hydrogens (tertiary/aromatic N) is 1. The Bertz CT molecular complexity index is 626. The van der Waals surface area contributed by atoms with Crippen molar-refractivity contribution in [3.05, 3.63) is 23.8 Å². The van der Waals surface area contributed by atoms with Crippen molar-refractivity contribution < 1.29 is 13.2 Å². The van der Waals surface area contributed by atoms with E-state index in [1.165, 1.54) is 0 Å². The second-order valence-electron chi connectivity index (χ2n) is 6.44. The molecule has 0 atom stereocenters. The number of hydrogen-bond acceptors (Lipinski definition) is 5. The molecule has 0 aromatic heterocycles. The van der Waals surface area contributed by atoms with Gasteiger partial charge in [0.05, 0.1) is 11.0 Å². The molecule has 1 heterocycles. The lowest BCUT2D eigenvalue weighted by Gasteiger charge is -2.27. The predicted molar refractivity (Wildman–Crippen MR) is 96.1 cm³/mol. The largest absolute Gasteiger partial charge is 0.491 e. The van der Waals surface area contributed by atoms with Crippen LogP contribution in [0.3, 0.4) is 0 Å². The third-order valence-electron chi connectivity index (χ3n) is 3.97. The van der Waals surface area contributed by atoms with Crippen LogP contribution in [0.1, 0.15) is 25.8 Å². The van der Waals surface area contributed by atoms with Crippen LogP contribution in [0, 0.1) is 6.92 Å². The van der Waals surface area contributed by atoms with Gasteiger partial charge in [-0.1, -0.05) is 0 Å². The third-order valence-corrected chi connectivity index (χ3v) is 5.43. The molecule has 136 valence electrons. The summed E-state index contributed by atoms with van der Waals surface area (Å²) in [4.78, 5) is 2.64. The van der Waals surface area contributed by atoms with E-state index in [1.54, 1.807) is 18.2 Å². The number of ether oxygens (including phenoxy) is 1. The average molecular weight is 356 g/mol. The van der Waals surface area contributed by atoms with Gasteiger partial charge in [-0.25, -0.2) is 13.1 Å². The van der Waals surface area contributed by atoms with E-state index in [-0.39, 0.29) is 6.10 Å². The van der Waals surface area contributed by atoms with Crippen molar-refractivity contribution in [1.29, 1.82) is 0 Å².